The van der Waals surface area contributed by atoms with Crippen molar-refractivity contribution in [2.24, 2.45) is 0 Å². The van der Waals surface area contributed by atoms with E-state index in [2.05, 4.69) is 14.9 Å². The predicted octanol–water partition coefficient (Wildman–Crippen LogP) is 0.821. The zero-order chi connectivity index (χ0) is 14.3. The van der Waals surface area contributed by atoms with E-state index < -0.39 is 11.2 Å². The third-order valence-electron chi connectivity index (χ3n) is 3.21. The van der Waals surface area contributed by atoms with Crippen molar-refractivity contribution in [1.29, 1.82) is 0 Å². The molecule has 0 saturated carbocycles. The molecule has 0 unspecified atom stereocenters. The van der Waals surface area contributed by atoms with Gasteiger partial charge in [0.1, 0.15) is 5.75 Å². The topological polar surface area (TPSA) is 78.2 Å². The zero-order valence-corrected chi connectivity index (χ0v) is 11.3. The molecule has 0 radical (unpaired) electrons. The summed E-state index contributed by atoms with van der Waals surface area (Å²) in [5.74, 6) is 0.924. The summed E-state index contributed by atoms with van der Waals surface area (Å²) in [4.78, 5) is 29.9. The number of hydrogen-bond donors (Lipinski definition) is 2. The molecule has 20 heavy (non-hydrogen) atoms. The van der Waals surface area contributed by atoms with Crippen molar-refractivity contribution in [1.82, 2.24) is 14.9 Å². The Morgan fingerprint density at radius 2 is 2.05 bits per heavy atom. The van der Waals surface area contributed by atoms with Crippen molar-refractivity contribution in [3.05, 3.63) is 55.7 Å². The number of aromatic nitrogens is 2. The molecule has 0 amide bonds. The largest absolute Gasteiger partial charge is 0.440 e. The van der Waals surface area contributed by atoms with Gasteiger partial charge in [-0.3, -0.25) is 14.8 Å². The molecule has 0 saturated heterocycles. The van der Waals surface area contributed by atoms with Crippen LogP contribution in [0, 0.1) is 0 Å². The quantitative estimate of drug-likeness (QED) is 0.724. The number of ether oxygens (including phenoxy) is 1. The Hall–Kier alpha value is -2.34. The molecule has 0 spiro atoms. The standard InChI is InChI=1S/C14H15N3O3/c1-17(2)7-8-3-4-11-9(5-8)6-10-12(18)15-14(19)16-13(10)20-11/h3-5H,6-7H2,1-2H3,(H2,15,16,18,19). The minimum absolute atomic E-state index is 0.242. The molecule has 2 N–H and O–H groups in total. The van der Waals surface area contributed by atoms with Gasteiger partial charge in [0.25, 0.3) is 5.56 Å². The zero-order valence-electron chi connectivity index (χ0n) is 11.3. The van der Waals surface area contributed by atoms with Crippen molar-refractivity contribution in [3.8, 4) is 11.6 Å². The fourth-order valence-electron chi connectivity index (χ4n) is 2.37. The number of nitrogens with zero attached hydrogens (tertiary/aromatic N) is 1. The summed E-state index contributed by atoms with van der Waals surface area (Å²) >= 11 is 0. The van der Waals surface area contributed by atoms with E-state index in [4.69, 9.17) is 4.74 Å². The van der Waals surface area contributed by atoms with Crippen molar-refractivity contribution in [3.63, 3.8) is 0 Å². The molecule has 2 heterocycles. The van der Waals surface area contributed by atoms with Crippen LogP contribution in [0.4, 0.5) is 0 Å². The SMILES string of the molecule is CN(C)Cc1ccc2c(c1)Cc1c([nH]c(=O)[nH]c1=O)O2. The maximum absolute atomic E-state index is 11.8. The molecule has 6 nitrogen and oxygen atoms in total. The molecule has 0 aliphatic carbocycles. The summed E-state index contributed by atoms with van der Waals surface area (Å²) in [5, 5.41) is 0. The van der Waals surface area contributed by atoms with Crippen molar-refractivity contribution < 1.29 is 4.74 Å². The van der Waals surface area contributed by atoms with Crippen molar-refractivity contribution in [2.75, 3.05) is 14.1 Å². The Morgan fingerprint density at radius 1 is 1.25 bits per heavy atom. The average molecular weight is 273 g/mol. The minimum Gasteiger partial charge on any atom is -0.440 e. The van der Waals surface area contributed by atoms with Crippen LogP contribution in [0.5, 0.6) is 11.6 Å². The summed E-state index contributed by atoms with van der Waals surface area (Å²) in [5.41, 5.74) is 1.61. The lowest BCUT2D eigenvalue weighted by Crippen LogP contribution is -2.28. The number of aromatic amines is 2. The highest BCUT2D eigenvalue weighted by Crippen LogP contribution is 2.33. The number of hydrogen-bond acceptors (Lipinski definition) is 4. The number of fused-ring (bicyclic) bond motifs is 2. The van der Waals surface area contributed by atoms with Crippen LogP contribution in [0.3, 0.4) is 0 Å². The van der Waals surface area contributed by atoms with Gasteiger partial charge < -0.3 is 9.64 Å². The Morgan fingerprint density at radius 3 is 2.80 bits per heavy atom. The lowest BCUT2D eigenvalue weighted by molar-refractivity contribution is 0.400. The molecule has 0 atom stereocenters. The maximum atomic E-state index is 11.8. The fourth-order valence-corrected chi connectivity index (χ4v) is 2.37. The summed E-state index contributed by atoms with van der Waals surface area (Å²) in [6.45, 7) is 0.822. The fraction of sp³-hybridized carbons (Fsp3) is 0.286. The Labute approximate surface area is 115 Å². The Bertz CT molecular complexity index is 774. The van der Waals surface area contributed by atoms with E-state index in [1.807, 2.05) is 32.3 Å². The Balaban J connectivity index is 2.02. The maximum Gasteiger partial charge on any atom is 0.328 e. The van der Waals surface area contributed by atoms with Crippen LogP contribution in [0.15, 0.2) is 27.8 Å². The van der Waals surface area contributed by atoms with Gasteiger partial charge in [0, 0.05) is 13.0 Å². The van der Waals surface area contributed by atoms with Crippen LogP contribution in [-0.2, 0) is 13.0 Å². The van der Waals surface area contributed by atoms with E-state index in [1.54, 1.807) is 0 Å². The van der Waals surface area contributed by atoms with Gasteiger partial charge in [-0.2, -0.15) is 0 Å². The lowest BCUT2D eigenvalue weighted by Gasteiger charge is -2.20. The number of nitrogens with one attached hydrogen (secondary N) is 2. The van der Waals surface area contributed by atoms with E-state index in [-0.39, 0.29) is 5.88 Å². The second kappa shape index (κ2) is 4.64. The molecule has 104 valence electrons. The van der Waals surface area contributed by atoms with Crippen molar-refractivity contribution in [2.45, 2.75) is 13.0 Å². The molecule has 1 aromatic heterocycles. The molecule has 2 aromatic rings. The molecule has 0 fully saturated rings. The van der Waals surface area contributed by atoms with Gasteiger partial charge in [-0.15, -0.1) is 0 Å². The van der Waals surface area contributed by atoms with Crippen molar-refractivity contribution >= 4 is 0 Å². The summed E-state index contributed by atoms with van der Waals surface area (Å²) in [6, 6.07) is 5.88. The highest BCUT2D eigenvalue weighted by molar-refractivity contribution is 5.47. The molecular formula is C14H15N3O3. The molecule has 3 rings (SSSR count). The molecule has 6 heteroatoms. The minimum atomic E-state index is -0.554. The van der Waals surface area contributed by atoms with E-state index in [1.165, 1.54) is 0 Å². The van der Waals surface area contributed by atoms with E-state index >= 15 is 0 Å². The number of benzene rings is 1. The first kappa shape index (κ1) is 12.7. The van der Waals surface area contributed by atoms with Gasteiger partial charge in [0.15, 0.2) is 0 Å². The van der Waals surface area contributed by atoms with Gasteiger partial charge in [0.2, 0.25) is 5.88 Å². The molecule has 1 aromatic carbocycles. The smallest absolute Gasteiger partial charge is 0.328 e. The molecule has 0 bridgehead atoms. The van der Waals surface area contributed by atoms with Crippen LogP contribution in [-0.4, -0.2) is 29.0 Å². The van der Waals surface area contributed by atoms with E-state index in [0.717, 1.165) is 17.7 Å². The monoisotopic (exact) mass is 273 g/mol. The van der Waals surface area contributed by atoms with Crippen LogP contribution in [0.25, 0.3) is 0 Å². The predicted molar refractivity (Wildman–Crippen MR) is 74.4 cm³/mol. The van der Waals surface area contributed by atoms with Crippen LogP contribution < -0.4 is 16.0 Å². The molecular weight excluding hydrogens is 258 g/mol. The van der Waals surface area contributed by atoms with E-state index in [0.29, 0.717) is 17.7 Å². The summed E-state index contributed by atoms with van der Waals surface area (Å²) in [6.07, 6.45) is 0.456. The number of H-pyrrole nitrogens is 2. The first-order valence-electron chi connectivity index (χ1n) is 6.33. The average Bonchev–Trinajstić information content (AvgIpc) is 2.36. The third kappa shape index (κ3) is 2.25. The summed E-state index contributed by atoms with van der Waals surface area (Å²) < 4.78 is 5.61. The summed E-state index contributed by atoms with van der Waals surface area (Å²) in [7, 11) is 4.00. The second-order valence-electron chi connectivity index (χ2n) is 5.17. The molecule has 1 aliphatic heterocycles. The number of rotatable bonds is 2. The highest BCUT2D eigenvalue weighted by atomic mass is 16.5. The van der Waals surface area contributed by atoms with Crippen LogP contribution in [0.2, 0.25) is 0 Å². The van der Waals surface area contributed by atoms with Gasteiger partial charge in [0.05, 0.1) is 5.56 Å². The first-order chi connectivity index (χ1) is 9.52. The van der Waals surface area contributed by atoms with Gasteiger partial charge >= 0.3 is 5.69 Å². The van der Waals surface area contributed by atoms with Gasteiger partial charge in [-0.25, -0.2) is 4.79 Å². The van der Waals surface area contributed by atoms with Gasteiger partial charge in [-0.1, -0.05) is 12.1 Å². The first-order valence-corrected chi connectivity index (χ1v) is 6.33. The van der Waals surface area contributed by atoms with Crippen LogP contribution in [0.1, 0.15) is 16.7 Å². The lowest BCUT2D eigenvalue weighted by atomic mass is 10.0. The second-order valence-corrected chi connectivity index (χ2v) is 5.17. The van der Waals surface area contributed by atoms with Crippen LogP contribution >= 0.6 is 0 Å². The normalized spacial score (nSPS) is 12.8. The molecule has 1 aliphatic rings. The van der Waals surface area contributed by atoms with E-state index in [9.17, 15) is 9.59 Å². The highest BCUT2D eigenvalue weighted by Gasteiger charge is 2.21. The Kier molecular flexibility index (Phi) is 2.94. The third-order valence-corrected chi connectivity index (χ3v) is 3.21. The van der Waals surface area contributed by atoms with Gasteiger partial charge in [-0.05, 0) is 31.3 Å².